The molecule has 0 saturated carbocycles. The number of halogens is 1. The summed E-state index contributed by atoms with van der Waals surface area (Å²) in [5.41, 5.74) is 1.73. The van der Waals surface area contributed by atoms with E-state index in [1.165, 1.54) is 6.26 Å². The number of nitrogens with zero attached hydrogens (tertiary/aromatic N) is 1. The second-order valence-corrected chi connectivity index (χ2v) is 7.95. The van der Waals surface area contributed by atoms with Crippen LogP contribution in [0, 0.1) is 0 Å². The van der Waals surface area contributed by atoms with Crippen LogP contribution in [0.2, 0.25) is 5.02 Å². The summed E-state index contributed by atoms with van der Waals surface area (Å²) < 4.78 is 17.4. The van der Waals surface area contributed by atoms with Crippen molar-refractivity contribution in [1.29, 1.82) is 0 Å². The molecule has 4 rings (SSSR count). The van der Waals surface area contributed by atoms with E-state index in [4.69, 9.17) is 25.5 Å². The van der Waals surface area contributed by atoms with Gasteiger partial charge >= 0.3 is 0 Å². The van der Waals surface area contributed by atoms with Gasteiger partial charge < -0.3 is 13.9 Å². The van der Waals surface area contributed by atoms with Gasteiger partial charge in [0.2, 0.25) is 0 Å². The summed E-state index contributed by atoms with van der Waals surface area (Å²) in [5.74, 6) is 0.689. The lowest BCUT2D eigenvalue weighted by Gasteiger charge is -2.35. The molecule has 5 nitrogen and oxygen atoms in total. The van der Waals surface area contributed by atoms with Gasteiger partial charge in [-0.1, -0.05) is 23.7 Å². The van der Waals surface area contributed by atoms with Crippen molar-refractivity contribution in [1.82, 2.24) is 4.90 Å². The number of benzene rings is 2. The topological polar surface area (TPSA) is 51.9 Å². The smallest absolute Gasteiger partial charge is 0.200 e. The Hall–Kier alpha value is -2.34. The third kappa shape index (κ3) is 4.64. The molecule has 2 aromatic carbocycles. The third-order valence-corrected chi connectivity index (χ3v) is 5.32. The van der Waals surface area contributed by atoms with Crippen LogP contribution in [0.25, 0.3) is 22.1 Å². The van der Waals surface area contributed by atoms with E-state index in [9.17, 15) is 4.79 Å². The second kappa shape index (κ2) is 8.57. The summed E-state index contributed by atoms with van der Waals surface area (Å²) in [7, 11) is 0. The Balaban J connectivity index is 1.46. The van der Waals surface area contributed by atoms with E-state index in [0.717, 1.165) is 25.2 Å². The maximum absolute atomic E-state index is 12.9. The fraction of sp³-hybridized carbons (Fsp3) is 0.348. The second-order valence-electron chi connectivity index (χ2n) is 7.51. The average molecular weight is 414 g/mol. The molecule has 152 valence electrons. The number of morpholine rings is 1. The van der Waals surface area contributed by atoms with Crippen molar-refractivity contribution in [2.45, 2.75) is 26.1 Å². The molecule has 1 aromatic heterocycles. The Morgan fingerprint density at radius 2 is 1.83 bits per heavy atom. The van der Waals surface area contributed by atoms with Gasteiger partial charge in [-0.3, -0.25) is 9.69 Å². The maximum atomic E-state index is 12.9. The van der Waals surface area contributed by atoms with Crippen molar-refractivity contribution in [3.8, 4) is 16.9 Å². The van der Waals surface area contributed by atoms with E-state index in [2.05, 4.69) is 18.7 Å². The lowest BCUT2D eigenvalue weighted by molar-refractivity contribution is -0.0699. The molecular formula is C23H24ClNO4. The Bertz CT molecular complexity index is 1040. The predicted molar refractivity (Wildman–Crippen MR) is 115 cm³/mol. The zero-order valence-electron chi connectivity index (χ0n) is 16.6. The molecule has 1 aliphatic heterocycles. The number of fused-ring (bicyclic) bond motifs is 1. The van der Waals surface area contributed by atoms with Gasteiger partial charge in [0.1, 0.15) is 24.2 Å². The summed E-state index contributed by atoms with van der Waals surface area (Å²) in [5, 5.41) is 1.15. The van der Waals surface area contributed by atoms with Crippen LogP contribution in [0.5, 0.6) is 5.75 Å². The van der Waals surface area contributed by atoms with Crippen LogP contribution in [0.1, 0.15) is 13.8 Å². The maximum Gasteiger partial charge on any atom is 0.200 e. The highest BCUT2D eigenvalue weighted by molar-refractivity contribution is 6.30. The molecule has 29 heavy (non-hydrogen) atoms. The van der Waals surface area contributed by atoms with Crippen LogP contribution in [-0.2, 0) is 4.74 Å². The first-order chi connectivity index (χ1) is 14.0. The Morgan fingerprint density at radius 1 is 1.10 bits per heavy atom. The van der Waals surface area contributed by atoms with Crippen LogP contribution < -0.4 is 10.2 Å². The van der Waals surface area contributed by atoms with Gasteiger partial charge in [-0.2, -0.15) is 0 Å². The first-order valence-corrected chi connectivity index (χ1v) is 10.2. The SMILES string of the molecule is C[C@H]1CN(CCOc2ccc3c(=O)c(-c4ccc(Cl)cc4)coc3c2)C[C@H](C)O1. The van der Waals surface area contributed by atoms with Crippen LogP contribution in [0.15, 0.2) is 57.9 Å². The standard InChI is InChI=1S/C23H24ClNO4/c1-15-12-25(13-16(2)29-15)9-10-27-19-7-8-20-22(11-19)28-14-21(23(20)26)17-3-5-18(24)6-4-17/h3-8,11,14-16H,9-10,12-13H2,1-2H3/t15-,16-/m0/s1. The monoisotopic (exact) mass is 413 g/mol. The first kappa shape index (κ1) is 20.0. The van der Waals surface area contributed by atoms with E-state index >= 15 is 0 Å². The van der Waals surface area contributed by atoms with Crippen LogP contribution in [0.3, 0.4) is 0 Å². The molecule has 0 radical (unpaired) electrons. The molecule has 3 aromatic rings. The van der Waals surface area contributed by atoms with Crippen molar-refractivity contribution in [3.63, 3.8) is 0 Å². The van der Waals surface area contributed by atoms with E-state index in [0.29, 0.717) is 33.9 Å². The van der Waals surface area contributed by atoms with Crippen molar-refractivity contribution >= 4 is 22.6 Å². The zero-order chi connectivity index (χ0) is 20.4. The number of hydrogen-bond donors (Lipinski definition) is 0. The van der Waals surface area contributed by atoms with E-state index in [1.54, 1.807) is 24.3 Å². The van der Waals surface area contributed by atoms with Gasteiger partial charge in [-0.25, -0.2) is 0 Å². The first-order valence-electron chi connectivity index (χ1n) is 9.82. The summed E-state index contributed by atoms with van der Waals surface area (Å²) in [6.45, 7) is 7.40. The van der Waals surface area contributed by atoms with Crippen LogP contribution >= 0.6 is 11.6 Å². The Kier molecular flexibility index (Phi) is 5.90. The molecule has 0 spiro atoms. The molecule has 0 aliphatic carbocycles. The Morgan fingerprint density at radius 3 is 2.55 bits per heavy atom. The van der Waals surface area contributed by atoms with Gasteiger partial charge in [0.25, 0.3) is 0 Å². The van der Waals surface area contributed by atoms with Crippen LogP contribution in [-0.4, -0.2) is 43.3 Å². The van der Waals surface area contributed by atoms with E-state index in [-0.39, 0.29) is 17.6 Å². The number of hydrogen-bond acceptors (Lipinski definition) is 5. The minimum Gasteiger partial charge on any atom is -0.492 e. The zero-order valence-corrected chi connectivity index (χ0v) is 17.3. The number of ether oxygens (including phenoxy) is 2. The van der Waals surface area contributed by atoms with E-state index in [1.807, 2.05) is 18.2 Å². The molecule has 0 unspecified atom stereocenters. The lowest BCUT2D eigenvalue weighted by atomic mass is 10.1. The van der Waals surface area contributed by atoms with Crippen molar-refractivity contribution < 1.29 is 13.9 Å². The largest absolute Gasteiger partial charge is 0.492 e. The summed E-state index contributed by atoms with van der Waals surface area (Å²) in [4.78, 5) is 15.2. The average Bonchev–Trinajstić information content (AvgIpc) is 2.68. The molecule has 2 atom stereocenters. The van der Waals surface area contributed by atoms with Crippen LogP contribution in [0.4, 0.5) is 0 Å². The summed E-state index contributed by atoms with van der Waals surface area (Å²) in [6, 6.07) is 12.5. The minimum atomic E-state index is -0.0728. The van der Waals surface area contributed by atoms with Gasteiger partial charge in [0.05, 0.1) is 23.2 Å². The molecule has 0 bridgehead atoms. The predicted octanol–water partition coefficient (Wildman–Crippen LogP) is 4.60. The highest BCUT2D eigenvalue weighted by atomic mass is 35.5. The fourth-order valence-electron chi connectivity index (χ4n) is 3.79. The van der Waals surface area contributed by atoms with Crippen molar-refractivity contribution in [3.05, 3.63) is 64.0 Å². The molecular weight excluding hydrogens is 390 g/mol. The molecule has 0 amide bonds. The molecule has 6 heteroatoms. The van der Waals surface area contributed by atoms with Crippen molar-refractivity contribution in [2.24, 2.45) is 0 Å². The number of rotatable bonds is 5. The molecule has 1 fully saturated rings. The van der Waals surface area contributed by atoms with Gasteiger partial charge in [-0.15, -0.1) is 0 Å². The minimum absolute atomic E-state index is 0.0728. The normalized spacial score (nSPS) is 20.1. The molecule has 1 aliphatic rings. The Labute approximate surface area is 174 Å². The van der Waals surface area contributed by atoms with Gasteiger partial charge in [0.15, 0.2) is 5.43 Å². The third-order valence-electron chi connectivity index (χ3n) is 5.07. The van der Waals surface area contributed by atoms with Crippen molar-refractivity contribution in [2.75, 3.05) is 26.2 Å². The van der Waals surface area contributed by atoms with E-state index < -0.39 is 0 Å². The lowest BCUT2D eigenvalue weighted by Crippen LogP contribution is -2.46. The quantitative estimate of drug-likeness (QED) is 0.611. The van der Waals surface area contributed by atoms with Gasteiger partial charge in [-0.05, 0) is 43.7 Å². The van der Waals surface area contributed by atoms with Gasteiger partial charge in [0, 0.05) is 30.7 Å². The highest BCUT2D eigenvalue weighted by Crippen LogP contribution is 2.24. The molecule has 1 saturated heterocycles. The molecule has 2 heterocycles. The highest BCUT2D eigenvalue weighted by Gasteiger charge is 2.21. The fourth-order valence-corrected chi connectivity index (χ4v) is 3.91. The summed E-state index contributed by atoms with van der Waals surface area (Å²) in [6.07, 6.45) is 1.97. The molecule has 0 N–H and O–H groups in total. The summed E-state index contributed by atoms with van der Waals surface area (Å²) >= 11 is 5.93.